The average Bonchev–Trinajstić information content (AvgIpc) is 3.00. The molecule has 7 heteroatoms. The van der Waals surface area contributed by atoms with E-state index in [4.69, 9.17) is 0 Å². The maximum Gasteiger partial charge on any atom is 0.295 e. The van der Waals surface area contributed by atoms with Crippen LogP contribution in [0.1, 0.15) is 31.0 Å². The summed E-state index contributed by atoms with van der Waals surface area (Å²) >= 11 is 6.80. The van der Waals surface area contributed by atoms with E-state index in [1.54, 1.807) is 29.2 Å². The first kappa shape index (κ1) is 22.7. The Balaban J connectivity index is 2.08. The van der Waals surface area contributed by atoms with Gasteiger partial charge in [-0.05, 0) is 42.9 Å². The van der Waals surface area contributed by atoms with Gasteiger partial charge < -0.3 is 14.9 Å². The molecule has 5 nitrogen and oxygen atoms in total. The van der Waals surface area contributed by atoms with Crippen molar-refractivity contribution in [1.29, 1.82) is 0 Å². The molecule has 1 atom stereocenters. The van der Waals surface area contributed by atoms with Crippen LogP contribution in [0.4, 0.5) is 0 Å². The maximum atomic E-state index is 13.0. The second-order valence-corrected chi connectivity index (χ2v) is 8.91. The molecule has 0 aromatic heterocycles. The third-order valence-electron chi connectivity index (χ3n) is 5.39. The number of carbonyl (C=O) groups excluding carboxylic acids is 2. The minimum absolute atomic E-state index is 0.129. The van der Waals surface area contributed by atoms with Gasteiger partial charge in [-0.2, -0.15) is 0 Å². The fraction of sp³-hybridized carbons (Fsp3) is 0.304. The van der Waals surface area contributed by atoms with Gasteiger partial charge in [-0.15, -0.1) is 0 Å². The standard InChI is InChI=1S/C23H24Br2N2O3/c1-3-26(4-2)13-14-27-20(15-5-9-17(24)10-6-15)19(22(29)23(27)30)21(28)16-7-11-18(25)12-8-16/h5-12,20,28H,3-4,13-14H2,1-2H3/b21-19+/t20-/m0/s1. The number of ketones is 1. The molecular weight excluding hydrogens is 512 g/mol. The van der Waals surface area contributed by atoms with Crippen LogP contribution < -0.4 is 0 Å². The monoisotopic (exact) mass is 534 g/mol. The average molecular weight is 536 g/mol. The third kappa shape index (κ3) is 4.68. The highest BCUT2D eigenvalue weighted by molar-refractivity contribution is 9.10. The van der Waals surface area contributed by atoms with Crippen molar-refractivity contribution in [1.82, 2.24) is 9.80 Å². The predicted octanol–water partition coefficient (Wildman–Crippen LogP) is 4.98. The van der Waals surface area contributed by atoms with Crippen molar-refractivity contribution in [3.05, 3.63) is 74.2 Å². The summed E-state index contributed by atoms with van der Waals surface area (Å²) in [4.78, 5) is 29.7. The number of carbonyl (C=O) groups is 2. The number of hydrogen-bond acceptors (Lipinski definition) is 4. The first-order valence-electron chi connectivity index (χ1n) is 9.89. The zero-order chi connectivity index (χ0) is 21.8. The molecule has 0 aliphatic carbocycles. The van der Waals surface area contributed by atoms with Crippen LogP contribution in [0.3, 0.4) is 0 Å². The zero-order valence-electron chi connectivity index (χ0n) is 16.9. The second-order valence-electron chi connectivity index (χ2n) is 7.08. The van der Waals surface area contributed by atoms with Crippen molar-refractivity contribution in [3.63, 3.8) is 0 Å². The number of aliphatic hydroxyl groups is 1. The summed E-state index contributed by atoms with van der Waals surface area (Å²) in [6, 6.07) is 13.9. The van der Waals surface area contributed by atoms with Crippen LogP contribution in [0.5, 0.6) is 0 Å². The molecule has 1 aliphatic heterocycles. The Kier molecular flexibility index (Phi) is 7.50. The van der Waals surface area contributed by atoms with Crippen molar-refractivity contribution in [2.75, 3.05) is 26.2 Å². The highest BCUT2D eigenvalue weighted by atomic mass is 79.9. The SMILES string of the molecule is CCN(CC)CCN1C(=O)C(=O)/C(=C(/O)c2ccc(Br)cc2)[C@@H]1c1ccc(Br)cc1. The van der Waals surface area contributed by atoms with Gasteiger partial charge in [0.1, 0.15) is 5.76 Å². The lowest BCUT2D eigenvalue weighted by molar-refractivity contribution is -0.140. The molecule has 0 saturated carbocycles. The van der Waals surface area contributed by atoms with E-state index in [-0.39, 0.29) is 11.3 Å². The van der Waals surface area contributed by atoms with Gasteiger partial charge in [0.25, 0.3) is 11.7 Å². The normalized spacial score (nSPS) is 18.4. The lowest BCUT2D eigenvalue weighted by atomic mass is 9.95. The van der Waals surface area contributed by atoms with Crippen molar-refractivity contribution < 1.29 is 14.7 Å². The van der Waals surface area contributed by atoms with E-state index >= 15 is 0 Å². The quantitative estimate of drug-likeness (QED) is 0.309. The van der Waals surface area contributed by atoms with Gasteiger partial charge in [-0.1, -0.05) is 70.0 Å². The summed E-state index contributed by atoms with van der Waals surface area (Å²) in [5.74, 6) is -1.38. The molecule has 0 bridgehead atoms. The van der Waals surface area contributed by atoms with Crippen LogP contribution in [0.25, 0.3) is 5.76 Å². The molecule has 30 heavy (non-hydrogen) atoms. The van der Waals surface area contributed by atoms with Crippen LogP contribution in [-0.4, -0.2) is 52.8 Å². The van der Waals surface area contributed by atoms with Crippen molar-refractivity contribution in [2.24, 2.45) is 0 Å². The molecule has 0 unspecified atom stereocenters. The van der Waals surface area contributed by atoms with Gasteiger partial charge >= 0.3 is 0 Å². The molecule has 1 N–H and O–H groups in total. The van der Waals surface area contributed by atoms with Crippen LogP contribution >= 0.6 is 31.9 Å². The molecule has 1 saturated heterocycles. The zero-order valence-corrected chi connectivity index (χ0v) is 20.1. The van der Waals surface area contributed by atoms with Gasteiger partial charge in [0, 0.05) is 27.6 Å². The number of Topliss-reactive ketones (excluding diaryl/α,β-unsaturated/α-hetero) is 1. The summed E-state index contributed by atoms with van der Waals surface area (Å²) in [7, 11) is 0. The van der Waals surface area contributed by atoms with Crippen molar-refractivity contribution >= 4 is 49.3 Å². The largest absolute Gasteiger partial charge is 0.507 e. The summed E-state index contributed by atoms with van der Waals surface area (Å²) in [5, 5.41) is 11.0. The highest BCUT2D eigenvalue weighted by Crippen LogP contribution is 2.39. The number of amides is 1. The Morgan fingerprint density at radius 2 is 1.50 bits per heavy atom. The minimum Gasteiger partial charge on any atom is -0.507 e. The number of aliphatic hydroxyl groups excluding tert-OH is 1. The molecular formula is C23H24Br2N2O3. The van der Waals surface area contributed by atoms with Gasteiger partial charge in [-0.25, -0.2) is 0 Å². The van der Waals surface area contributed by atoms with E-state index < -0.39 is 17.7 Å². The summed E-state index contributed by atoms with van der Waals surface area (Å²) in [6.45, 7) is 6.93. The smallest absolute Gasteiger partial charge is 0.295 e. The maximum absolute atomic E-state index is 13.0. The third-order valence-corrected chi connectivity index (χ3v) is 6.45. The summed E-state index contributed by atoms with van der Waals surface area (Å²) in [5.41, 5.74) is 1.42. The molecule has 0 radical (unpaired) electrons. The Bertz CT molecular complexity index is 951. The first-order chi connectivity index (χ1) is 14.4. The second kappa shape index (κ2) is 9.90. The number of benzene rings is 2. The van der Waals surface area contributed by atoms with E-state index in [2.05, 4.69) is 50.6 Å². The molecule has 1 fully saturated rings. The molecule has 1 aliphatic rings. The first-order valence-corrected chi connectivity index (χ1v) is 11.5. The number of nitrogens with zero attached hydrogens (tertiary/aromatic N) is 2. The van der Waals surface area contributed by atoms with E-state index in [9.17, 15) is 14.7 Å². The van der Waals surface area contributed by atoms with E-state index in [1.165, 1.54) is 0 Å². The van der Waals surface area contributed by atoms with Crippen LogP contribution in [0, 0.1) is 0 Å². The Hall–Kier alpha value is -1.96. The number of likely N-dealkylation sites (tertiary alicyclic amines) is 1. The van der Waals surface area contributed by atoms with Crippen LogP contribution in [0.15, 0.2) is 63.0 Å². The molecule has 1 heterocycles. The van der Waals surface area contributed by atoms with Gasteiger partial charge in [0.15, 0.2) is 0 Å². The Morgan fingerprint density at radius 3 is 2.03 bits per heavy atom. The Morgan fingerprint density at radius 1 is 0.967 bits per heavy atom. The van der Waals surface area contributed by atoms with Gasteiger partial charge in [-0.3, -0.25) is 9.59 Å². The fourth-order valence-corrected chi connectivity index (χ4v) is 4.18. The predicted molar refractivity (Wildman–Crippen MR) is 125 cm³/mol. The van der Waals surface area contributed by atoms with E-state index in [0.717, 1.165) is 27.6 Å². The van der Waals surface area contributed by atoms with Crippen LogP contribution in [0.2, 0.25) is 0 Å². The van der Waals surface area contributed by atoms with Gasteiger partial charge in [0.05, 0.1) is 11.6 Å². The highest BCUT2D eigenvalue weighted by Gasteiger charge is 2.45. The molecule has 158 valence electrons. The lowest BCUT2D eigenvalue weighted by Crippen LogP contribution is -2.38. The van der Waals surface area contributed by atoms with Crippen LogP contribution in [-0.2, 0) is 9.59 Å². The summed E-state index contributed by atoms with van der Waals surface area (Å²) in [6.07, 6.45) is 0. The number of hydrogen-bond donors (Lipinski definition) is 1. The molecule has 1 amide bonds. The summed E-state index contributed by atoms with van der Waals surface area (Å²) < 4.78 is 1.77. The fourth-order valence-electron chi connectivity index (χ4n) is 3.65. The number of halogens is 2. The Labute approximate surface area is 193 Å². The number of rotatable bonds is 7. The van der Waals surface area contributed by atoms with Crippen molar-refractivity contribution in [2.45, 2.75) is 19.9 Å². The van der Waals surface area contributed by atoms with Crippen molar-refractivity contribution in [3.8, 4) is 0 Å². The molecule has 2 aromatic carbocycles. The minimum atomic E-state index is -0.650. The molecule has 3 rings (SSSR count). The van der Waals surface area contributed by atoms with Gasteiger partial charge in [0.2, 0.25) is 0 Å². The lowest BCUT2D eigenvalue weighted by Gasteiger charge is -2.28. The van der Waals surface area contributed by atoms with E-state index in [1.807, 2.05) is 24.3 Å². The number of likely N-dealkylation sites (N-methyl/N-ethyl adjacent to an activating group) is 1. The molecule has 2 aromatic rings. The topological polar surface area (TPSA) is 60.9 Å². The molecule has 0 spiro atoms. The van der Waals surface area contributed by atoms with E-state index in [0.29, 0.717) is 18.7 Å².